The number of anilines is 1. The number of nitrogens with zero attached hydrogens (tertiary/aromatic N) is 2. The second-order valence-corrected chi connectivity index (χ2v) is 12.2. The number of halogens is 5. The Kier molecular flexibility index (Phi) is 8.42. The van der Waals surface area contributed by atoms with Crippen LogP contribution in [-0.2, 0) is 21.0 Å². The van der Waals surface area contributed by atoms with E-state index in [1.165, 1.54) is 23.1 Å². The molecule has 2 heterocycles. The number of urea groups is 1. The van der Waals surface area contributed by atoms with Crippen LogP contribution in [0.1, 0.15) is 24.8 Å². The Morgan fingerprint density at radius 3 is 2.55 bits per heavy atom. The molecule has 2 N–H and O–H groups in total. The zero-order chi connectivity index (χ0) is 31.8. The molecule has 3 aromatic carbocycles. The van der Waals surface area contributed by atoms with Gasteiger partial charge in [-0.1, -0.05) is 12.1 Å². The molecule has 44 heavy (non-hydrogen) atoms. The summed E-state index contributed by atoms with van der Waals surface area (Å²) in [6.45, 7) is -0.170. The molecule has 15 heteroatoms. The Bertz CT molecular complexity index is 1700. The monoisotopic (exact) mass is 639 g/mol. The van der Waals surface area contributed by atoms with Crippen molar-refractivity contribution in [1.82, 2.24) is 10.2 Å². The second-order valence-electron chi connectivity index (χ2n) is 10.3. The van der Waals surface area contributed by atoms with E-state index in [1.807, 2.05) is 0 Å². The van der Waals surface area contributed by atoms with Crippen molar-refractivity contribution in [2.75, 3.05) is 23.9 Å². The van der Waals surface area contributed by atoms with Gasteiger partial charge in [-0.05, 0) is 66.9 Å². The first kappa shape index (κ1) is 31.0. The first-order chi connectivity index (χ1) is 20.8. The molecule has 1 saturated heterocycles. The summed E-state index contributed by atoms with van der Waals surface area (Å²) >= 11 is 0. The van der Waals surface area contributed by atoms with E-state index in [0.717, 1.165) is 40.7 Å². The standard InChI is InChI=1S/C29H26F5N3O6S/c30-19-7-8-23(31)22(15-19)17-6-9-26-25(13-17)37(44(41,42)21-4-1-3-18(14-21)29(32,33)34)16-20(43-26)10-11-35-28(40)36-12-2-5-24(36)27(38)39/h1,3-4,6-9,13-15,20,24H,2,5,10-12,16H2,(H,35,40)(H,38,39)/t20-,24+/m0/s1. The minimum Gasteiger partial charge on any atom is -0.486 e. The summed E-state index contributed by atoms with van der Waals surface area (Å²) in [5, 5.41) is 11.9. The maximum Gasteiger partial charge on any atom is 0.416 e. The van der Waals surface area contributed by atoms with Crippen molar-refractivity contribution in [3.05, 3.63) is 77.9 Å². The predicted molar refractivity (Wildman–Crippen MR) is 148 cm³/mol. The lowest BCUT2D eigenvalue weighted by atomic mass is 10.0. The van der Waals surface area contributed by atoms with E-state index in [0.29, 0.717) is 18.9 Å². The molecule has 3 aromatic rings. The molecule has 9 nitrogen and oxygen atoms in total. The SMILES string of the molecule is O=C(O)[C@H]1CCCN1C(=O)NCC[C@H]1CN(S(=O)(=O)c2cccc(C(F)(F)F)c2)c2cc(-c3cc(F)ccc3F)ccc2O1. The van der Waals surface area contributed by atoms with E-state index in [2.05, 4.69) is 5.32 Å². The van der Waals surface area contributed by atoms with Gasteiger partial charge in [0.1, 0.15) is 29.5 Å². The first-order valence-corrected chi connectivity index (χ1v) is 14.9. The summed E-state index contributed by atoms with van der Waals surface area (Å²) in [5.41, 5.74) is -1.36. The van der Waals surface area contributed by atoms with Crippen molar-refractivity contribution < 1.29 is 49.8 Å². The van der Waals surface area contributed by atoms with E-state index in [9.17, 15) is 45.1 Å². The zero-order valence-electron chi connectivity index (χ0n) is 22.9. The number of fused-ring (bicyclic) bond motifs is 1. The van der Waals surface area contributed by atoms with E-state index in [4.69, 9.17) is 4.74 Å². The number of hydrogen-bond acceptors (Lipinski definition) is 5. The first-order valence-electron chi connectivity index (χ1n) is 13.5. The molecule has 1 fully saturated rings. The lowest BCUT2D eigenvalue weighted by molar-refractivity contribution is -0.141. The number of carbonyl (C=O) groups excluding carboxylic acids is 1. The molecule has 0 bridgehead atoms. The van der Waals surface area contributed by atoms with Gasteiger partial charge in [0.2, 0.25) is 0 Å². The lowest BCUT2D eigenvalue weighted by Gasteiger charge is -2.36. The van der Waals surface area contributed by atoms with Gasteiger partial charge in [0.05, 0.1) is 22.7 Å². The van der Waals surface area contributed by atoms with Gasteiger partial charge in [-0.2, -0.15) is 13.2 Å². The summed E-state index contributed by atoms with van der Waals surface area (Å²) in [7, 11) is -4.65. The van der Waals surface area contributed by atoms with Crippen molar-refractivity contribution in [2.24, 2.45) is 0 Å². The highest BCUT2D eigenvalue weighted by atomic mass is 32.2. The van der Waals surface area contributed by atoms with Crippen molar-refractivity contribution >= 4 is 27.7 Å². The Morgan fingerprint density at radius 2 is 1.82 bits per heavy atom. The number of alkyl halides is 3. The Morgan fingerprint density at radius 1 is 1.05 bits per heavy atom. The highest BCUT2D eigenvalue weighted by molar-refractivity contribution is 7.92. The Hall–Kier alpha value is -4.40. The van der Waals surface area contributed by atoms with Crippen LogP contribution < -0.4 is 14.4 Å². The molecule has 0 aromatic heterocycles. The number of carboxylic acid groups (broad SMARTS) is 1. The molecule has 0 saturated carbocycles. The van der Waals surface area contributed by atoms with Crippen molar-refractivity contribution in [3.63, 3.8) is 0 Å². The minimum atomic E-state index is -4.81. The maximum atomic E-state index is 14.6. The van der Waals surface area contributed by atoms with E-state index in [-0.39, 0.29) is 42.1 Å². The Balaban J connectivity index is 1.45. The normalized spacial score (nSPS) is 18.5. The van der Waals surface area contributed by atoms with Crippen LogP contribution in [0.4, 0.5) is 32.4 Å². The number of nitrogens with one attached hydrogen (secondary N) is 1. The number of aliphatic carboxylic acids is 1. The van der Waals surface area contributed by atoms with Gasteiger partial charge in [-0.3, -0.25) is 4.31 Å². The smallest absolute Gasteiger partial charge is 0.416 e. The van der Waals surface area contributed by atoms with Crippen LogP contribution in [0.5, 0.6) is 5.75 Å². The van der Waals surface area contributed by atoms with Crippen LogP contribution in [-0.4, -0.2) is 62.2 Å². The van der Waals surface area contributed by atoms with E-state index >= 15 is 0 Å². The number of amides is 2. The van der Waals surface area contributed by atoms with Gasteiger partial charge in [0.15, 0.2) is 0 Å². The summed E-state index contributed by atoms with van der Waals surface area (Å²) in [4.78, 5) is 24.6. The predicted octanol–water partition coefficient (Wildman–Crippen LogP) is 5.26. The van der Waals surface area contributed by atoms with Gasteiger partial charge in [0, 0.05) is 25.1 Å². The van der Waals surface area contributed by atoms with Crippen LogP contribution in [0.25, 0.3) is 11.1 Å². The van der Waals surface area contributed by atoms with Gasteiger partial charge in [0.25, 0.3) is 10.0 Å². The van der Waals surface area contributed by atoms with Crippen LogP contribution in [0, 0.1) is 11.6 Å². The molecule has 2 aliphatic rings. The topological polar surface area (TPSA) is 116 Å². The third-order valence-corrected chi connectivity index (χ3v) is 9.20. The molecule has 5 rings (SSSR count). The molecule has 2 atom stereocenters. The third-order valence-electron chi connectivity index (χ3n) is 7.42. The zero-order valence-corrected chi connectivity index (χ0v) is 23.7. The largest absolute Gasteiger partial charge is 0.486 e. The average Bonchev–Trinajstić information content (AvgIpc) is 3.48. The number of hydrogen-bond donors (Lipinski definition) is 2. The van der Waals surface area contributed by atoms with Crippen LogP contribution in [0.3, 0.4) is 0 Å². The number of rotatable bonds is 7. The molecule has 2 aliphatic heterocycles. The van der Waals surface area contributed by atoms with Crippen LogP contribution >= 0.6 is 0 Å². The third kappa shape index (κ3) is 6.27. The highest BCUT2D eigenvalue weighted by Gasteiger charge is 2.38. The van der Waals surface area contributed by atoms with Crippen molar-refractivity contribution in [3.8, 4) is 16.9 Å². The van der Waals surface area contributed by atoms with Gasteiger partial charge in [-0.25, -0.2) is 26.8 Å². The van der Waals surface area contributed by atoms with E-state index < -0.39 is 69.0 Å². The summed E-state index contributed by atoms with van der Waals surface area (Å²) in [5.74, 6) is -2.64. The fourth-order valence-corrected chi connectivity index (χ4v) is 6.79. The second kappa shape index (κ2) is 11.9. The number of benzene rings is 3. The van der Waals surface area contributed by atoms with Crippen molar-refractivity contribution in [2.45, 2.75) is 42.5 Å². The number of likely N-dealkylation sites (tertiary alicyclic amines) is 1. The number of carboxylic acids is 1. The minimum absolute atomic E-state index is 0.00849. The fraction of sp³-hybridized carbons (Fsp3) is 0.310. The molecular formula is C29H26F5N3O6S. The van der Waals surface area contributed by atoms with Crippen molar-refractivity contribution in [1.29, 1.82) is 0 Å². The number of carbonyl (C=O) groups is 2. The molecule has 0 radical (unpaired) electrons. The lowest BCUT2D eigenvalue weighted by Crippen LogP contribution is -2.48. The quantitative estimate of drug-likeness (QED) is 0.341. The highest BCUT2D eigenvalue weighted by Crippen LogP contribution is 2.41. The van der Waals surface area contributed by atoms with Gasteiger partial charge in [-0.15, -0.1) is 0 Å². The van der Waals surface area contributed by atoms with Gasteiger partial charge >= 0.3 is 18.2 Å². The van der Waals surface area contributed by atoms with E-state index in [1.54, 1.807) is 0 Å². The van der Waals surface area contributed by atoms with Gasteiger partial charge < -0.3 is 20.1 Å². The molecule has 2 amide bonds. The summed E-state index contributed by atoms with van der Waals surface area (Å²) in [6, 6.07) is 8.37. The van der Waals surface area contributed by atoms with Crippen LogP contribution in [0.2, 0.25) is 0 Å². The molecule has 0 spiro atoms. The maximum absolute atomic E-state index is 14.6. The number of ether oxygens (including phenoxy) is 1. The molecule has 0 unspecified atom stereocenters. The molecule has 0 aliphatic carbocycles. The summed E-state index contributed by atoms with van der Waals surface area (Å²) in [6.07, 6.45) is -4.82. The van der Waals surface area contributed by atoms with Crippen LogP contribution in [0.15, 0.2) is 65.6 Å². The fourth-order valence-electron chi connectivity index (χ4n) is 5.24. The average molecular weight is 640 g/mol. The number of sulfonamides is 1. The Labute approximate surface area is 248 Å². The summed E-state index contributed by atoms with van der Waals surface area (Å²) < 4.78 is 103. The molecule has 234 valence electrons. The molecular weight excluding hydrogens is 613 g/mol.